The first-order valence-electron chi connectivity index (χ1n) is 14.4. The van der Waals surface area contributed by atoms with E-state index >= 15 is 0 Å². The minimum atomic E-state index is -0.857. The maximum Gasteiger partial charge on any atom is 0.330 e. The van der Waals surface area contributed by atoms with Crippen LogP contribution in [0.25, 0.3) is 0 Å². The number of rotatable bonds is 6. The van der Waals surface area contributed by atoms with Gasteiger partial charge >= 0.3 is 11.9 Å². The lowest BCUT2D eigenvalue weighted by atomic mass is 9.40. The summed E-state index contributed by atoms with van der Waals surface area (Å²) < 4.78 is 6.25. The Hall–Kier alpha value is -1.91. The van der Waals surface area contributed by atoms with Crippen molar-refractivity contribution >= 4 is 17.7 Å². The van der Waals surface area contributed by atoms with Gasteiger partial charge in [-0.05, 0) is 86.4 Å². The fourth-order valence-corrected chi connectivity index (χ4v) is 9.66. The van der Waals surface area contributed by atoms with Crippen molar-refractivity contribution in [2.45, 2.75) is 113 Å². The van der Waals surface area contributed by atoms with Crippen LogP contribution in [-0.4, -0.2) is 28.9 Å². The fourth-order valence-electron chi connectivity index (χ4n) is 9.66. The molecule has 0 unspecified atom stereocenters. The number of carbonyl (C=O) groups is 3. The smallest absolute Gasteiger partial charge is 0.330 e. The first-order chi connectivity index (χ1) is 17.1. The number of allylic oxidation sites excluding steroid dienone is 3. The van der Waals surface area contributed by atoms with E-state index in [2.05, 4.69) is 47.6 Å². The van der Waals surface area contributed by atoms with Gasteiger partial charge < -0.3 is 9.84 Å². The Kier molecular flexibility index (Phi) is 7.12. The van der Waals surface area contributed by atoms with Gasteiger partial charge in [0, 0.05) is 29.7 Å². The summed E-state index contributed by atoms with van der Waals surface area (Å²) in [4.78, 5) is 36.6. The molecular weight excluding hydrogens is 464 g/mol. The third-order valence-electron chi connectivity index (χ3n) is 12.1. The van der Waals surface area contributed by atoms with Gasteiger partial charge in [-0.25, -0.2) is 4.79 Å². The summed E-state index contributed by atoms with van der Waals surface area (Å²) in [5.41, 5.74) is 1.39. The van der Waals surface area contributed by atoms with Crippen LogP contribution in [0, 0.1) is 45.3 Å². The van der Waals surface area contributed by atoms with Gasteiger partial charge in [0.05, 0.1) is 0 Å². The molecule has 0 amide bonds. The van der Waals surface area contributed by atoms with E-state index in [4.69, 9.17) is 4.74 Å². The van der Waals surface area contributed by atoms with Crippen molar-refractivity contribution in [3.63, 3.8) is 0 Å². The van der Waals surface area contributed by atoms with E-state index in [1.807, 2.05) is 6.08 Å². The molecule has 0 saturated heterocycles. The Labute approximate surface area is 223 Å². The zero-order valence-electron chi connectivity index (χ0n) is 24.3. The van der Waals surface area contributed by atoms with Gasteiger partial charge in [0.25, 0.3) is 0 Å². The molecule has 206 valence electrons. The second-order valence-electron chi connectivity index (χ2n) is 14.0. The van der Waals surface area contributed by atoms with Crippen molar-refractivity contribution in [1.82, 2.24) is 0 Å². The fraction of sp³-hybridized carbons (Fsp3) is 0.781. The quantitative estimate of drug-likeness (QED) is 0.232. The lowest BCUT2D eigenvalue weighted by molar-refractivity contribution is -0.179. The molecule has 0 bridgehead atoms. The number of esters is 1. The largest absolute Gasteiger partial charge is 0.478 e. The van der Waals surface area contributed by atoms with Crippen LogP contribution in [0.3, 0.4) is 0 Å². The summed E-state index contributed by atoms with van der Waals surface area (Å²) in [5.74, 6) is 0.714. The van der Waals surface area contributed by atoms with E-state index in [1.165, 1.54) is 6.92 Å². The zero-order valence-corrected chi connectivity index (χ0v) is 24.3. The van der Waals surface area contributed by atoms with Crippen LogP contribution in [0.15, 0.2) is 23.3 Å². The Morgan fingerprint density at radius 2 is 1.84 bits per heavy atom. The molecule has 0 radical (unpaired) electrons. The van der Waals surface area contributed by atoms with E-state index in [-0.39, 0.29) is 33.7 Å². The third kappa shape index (κ3) is 4.14. The van der Waals surface area contributed by atoms with Gasteiger partial charge in [0.15, 0.2) is 0 Å². The van der Waals surface area contributed by atoms with Crippen molar-refractivity contribution < 1.29 is 24.2 Å². The van der Waals surface area contributed by atoms with Crippen LogP contribution in [0.1, 0.15) is 107 Å². The number of carboxylic acids is 1. The van der Waals surface area contributed by atoms with Crippen LogP contribution in [-0.2, 0) is 19.1 Å². The first kappa shape index (κ1) is 28.1. The Morgan fingerprint density at radius 1 is 1.16 bits per heavy atom. The molecular formula is C32H48O5. The lowest BCUT2D eigenvalue weighted by Crippen LogP contribution is -2.61. The van der Waals surface area contributed by atoms with Crippen molar-refractivity contribution in [2.75, 3.05) is 0 Å². The highest BCUT2D eigenvalue weighted by Crippen LogP contribution is 2.73. The molecule has 4 rings (SSSR count). The monoisotopic (exact) mass is 512 g/mol. The molecule has 0 aromatic heterocycles. The summed E-state index contributed by atoms with van der Waals surface area (Å²) in [5, 5.41) is 9.23. The highest BCUT2D eigenvalue weighted by Gasteiger charge is 2.69. The Balaban J connectivity index is 1.72. The van der Waals surface area contributed by atoms with E-state index in [0.717, 1.165) is 44.9 Å². The van der Waals surface area contributed by atoms with Crippen molar-refractivity contribution in [2.24, 2.45) is 45.3 Å². The number of carbonyl (C=O) groups excluding carboxylic acids is 2. The SMILES string of the molecule is CC(=O)O[C@@H]1C[C@H]2C(=CC[C@H]3C(C)(C)C(=O)CC[C@]23C)[C@]2(C)CC[C@H]([C@H](C)CC/C=C(\C)C(=O)O)[C@@]12C. The molecule has 3 saturated carbocycles. The number of hydrogen-bond donors (Lipinski definition) is 1. The number of ketones is 1. The average molecular weight is 513 g/mol. The molecule has 0 aromatic carbocycles. The Morgan fingerprint density at radius 3 is 2.46 bits per heavy atom. The van der Waals surface area contributed by atoms with Crippen molar-refractivity contribution in [3.8, 4) is 0 Å². The second-order valence-corrected chi connectivity index (χ2v) is 14.0. The maximum atomic E-state index is 12.9. The minimum absolute atomic E-state index is 0.0209. The van der Waals surface area contributed by atoms with Crippen LogP contribution < -0.4 is 0 Å². The van der Waals surface area contributed by atoms with Gasteiger partial charge in [0.1, 0.15) is 11.9 Å². The van der Waals surface area contributed by atoms with E-state index in [9.17, 15) is 19.5 Å². The molecule has 0 aliphatic heterocycles. The standard InChI is InChI=1S/C32H48O5/c1-19(10-9-11-20(2)28(35)36)22-14-17-31(7)23-12-13-25-29(4,5)26(34)15-16-30(25,6)24(23)18-27(32(22,31)8)37-21(3)33/h11-12,19,22,24-25,27H,9-10,13-18H2,1-8H3,(H,35,36)/b20-11+/t19-,22-,24+,25+,27-,30-,31+,32+/m1/s1. The van der Waals surface area contributed by atoms with Crippen LogP contribution >= 0.6 is 0 Å². The van der Waals surface area contributed by atoms with Gasteiger partial charge in [-0.3, -0.25) is 9.59 Å². The molecule has 5 heteroatoms. The first-order valence-corrected chi connectivity index (χ1v) is 14.4. The molecule has 4 aliphatic rings. The predicted octanol–water partition coefficient (Wildman–Crippen LogP) is 7.15. The van der Waals surface area contributed by atoms with E-state index in [1.54, 1.807) is 12.5 Å². The summed E-state index contributed by atoms with van der Waals surface area (Å²) in [6.07, 6.45) is 11.3. The highest BCUT2D eigenvalue weighted by molar-refractivity contribution is 5.86. The van der Waals surface area contributed by atoms with Gasteiger partial charge in [-0.15, -0.1) is 0 Å². The summed E-state index contributed by atoms with van der Waals surface area (Å²) in [7, 11) is 0. The Bertz CT molecular complexity index is 1040. The maximum absolute atomic E-state index is 12.9. The highest BCUT2D eigenvalue weighted by atomic mass is 16.5. The zero-order chi connectivity index (χ0) is 27.6. The molecule has 0 heterocycles. The molecule has 3 fully saturated rings. The number of hydrogen-bond acceptors (Lipinski definition) is 4. The number of carboxylic acid groups (broad SMARTS) is 1. The summed E-state index contributed by atoms with van der Waals surface area (Å²) in [6, 6.07) is 0. The van der Waals surface area contributed by atoms with Crippen molar-refractivity contribution in [3.05, 3.63) is 23.3 Å². The van der Waals surface area contributed by atoms with Crippen LogP contribution in [0.5, 0.6) is 0 Å². The molecule has 37 heavy (non-hydrogen) atoms. The molecule has 4 aliphatic carbocycles. The van der Waals surface area contributed by atoms with Gasteiger partial charge in [-0.1, -0.05) is 59.3 Å². The summed E-state index contributed by atoms with van der Waals surface area (Å²) >= 11 is 0. The number of aliphatic carboxylic acids is 1. The van der Waals surface area contributed by atoms with Crippen molar-refractivity contribution in [1.29, 1.82) is 0 Å². The topological polar surface area (TPSA) is 80.7 Å². The summed E-state index contributed by atoms with van der Waals surface area (Å²) in [6.45, 7) is 17.0. The lowest BCUT2D eigenvalue weighted by Gasteiger charge is -2.64. The minimum Gasteiger partial charge on any atom is -0.478 e. The molecule has 0 aromatic rings. The van der Waals surface area contributed by atoms with Crippen LogP contribution in [0.4, 0.5) is 0 Å². The normalized spacial score (nSPS) is 41.7. The predicted molar refractivity (Wildman–Crippen MR) is 145 cm³/mol. The number of fused-ring (bicyclic) bond motifs is 5. The molecule has 0 spiro atoms. The average Bonchev–Trinajstić information content (AvgIpc) is 3.09. The molecule has 8 atom stereocenters. The second kappa shape index (κ2) is 9.38. The van der Waals surface area contributed by atoms with E-state index < -0.39 is 5.97 Å². The molecule has 5 nitrogen and oxygen atoms in total. The van der Waals surface area contributed by atoms with E-state index in [0.29, 0.717) is 41.4 Å². The van der Waals surface area contributed by atoms with Gasteiger partial charge in [0.2, 0.25) is 0 Å². The van der Waals surface area contributed by atoms with Gasteiger partial charge in [-0.2, -0.15) is 0 Å². The molecule has 1 N–H and O–H groups in total. The van der Waals surface area contributed by atoms with Crippen LogP contribution in [0.2, 0.25) is 0 Å². The number of ether oxygens (including phenoxy) is 1. The third-order valence-corrected chi connectivity index (χ3v) is 12.1. The number of Topliss-reactive ketones (excluding diaryl/α,β-unsaturated/α-hetero) is 1.